The second-order valence-corrected chi connectivity index (χ2v) is 8.81. The minimum atomic E-state index is -0.0144. The number of rotatable bonds is 5. The van der Waals surface area contributed by atoms with E-state index in [1.165, 1.54) is 51.4 Å². The van der Waals surface area contributed by atoms with Crippen molar-refractivity contribution >= 4 is 5.91 Å². The molecule has 3 saturated carbocycles. The van der Waals surface area contributed by atoms with Gasteiger partial charge in [0.25, 0.3) is 0 Å². The molecule has 0 radical (unpaired) electrons. The fourth-order valence-corrected chi connectivity index (χ4v) is 5.49. The molecule has 3 rings (SSSR count). The standard InChI is InChI=1S/C19H34N2O/c1-18(2)15-9-10-16(11-15)19(18,3)21-17(22)13-20-12-14-7-5-4-6-8-14/h14-16,20H,4-13H2,1-3H3,(H,21,22)/t15-,16+,19-/m1/s1. The molecule has 3 fully saturated rings. The average molecular weight is 306 g/mol. The molecular weight excluding hydrogens is 272 g/mol. The van der Waals surface area contributed by atoms with Crippen LogP contribution in [0.4, 0.5) is 0 Å². The van der Waals surface area contributed by atoms with Gasteiger partial charge >= 0.3 is 0 Å². The Morgan fingerprint density at radius 3 is 2.32 bits per heavy atom. The lowest BCUT2D eigenvalue weighted by Gasteiger charge is -2.48. The number of hydrogen-bond acceptors (Lipinski definition) is 2. The number of carbonyl (C=O) groups is 1. The lowest BCUT2D eigenvalue weighted by molar-refractivity contribution is -0.124. The van der Waals surface area contributed by atoms with Crippen LogP contribution in [0.2, 0.25) is 0 Å². The lowest BCUT2D eigenvalue weighted by Crippen LogP contribution is -2.60. The topological polar surface area (TPSA) is 41.1 Å². The Morgan fingerprint density at radius 1 is 1.00 bits per heavy atom. The van der Waals surface area contributed by atoms with Crippen LogP contribution in [0.25, 0.3) is 0 Å². The first-order valence-corrected chi connectivity index (χ1v) is 9.45. The van der Waals surface area contributed by atoms with Crippen LogP contribution in [0.15, 0.2) is 0 Å². The summed E-state index contributed by atoms with van der Waals surface area (Å²) in [5.41, 5.74) is 0.217. The van der Waals surface area contributed by atoms with Crippen LogP contribution in [0.1, 0.15) is 72.1 Å². The van der Waals surface area contributed by atoms with E-state index in [1.54, 1.807) is 0 Å². The fraction of sp³-hybridized carbons (Fsp3) is 0.947. The van der Waals surface area contributed by atoms with Gasteiger partial charge in [-0.2, -0.15) is 0 Å². The van der Waals surface area contributed by atoms with Crippen molar-refractivity contribution in [2.45, 2.75) is 77.7 Å². The van der Waals surface area contributed by atoms with E-state index in [1.807, 2.05) is 0 Å². The fourth-order valence-electron chi connectivity index (χ4n) is 5.49. The summed E-state index contributed by atoms with van der Waals surface area (Å²) in [5.74, 6) is 2.45. The molecular formula is C19H34N2O. The monoisotopic (exact) mass is 306 g/mol. The quantitative estimate of drug-likeness (QED) is 0.816. The highest BCUT2D eigenvalue weighted by Gasteiger charge is 2.60. The molecule has 126 valence electrons. The molecule has 2 N–H and O–H groups in total. The molecule has 0 spiro atoms. The van der Waals surface area contributed by atoms with Crippen LogP contribution < -0.4 is 10.6 Å². The maximum atomic E-state index is 12.4. The minimum absolute atomic E-state index is 0.0144. The van der Waals surface area contributed by atoms with Gasteiger partial charge in [0.1, 0.15) is 0 Å². The van der Waals surface area contributed by atoms with E-state index in [0.717, 1.165) is 18.4 Å². The van der Waals surface area contributed by atoms with E-state index in [0.29, 0.717) is 12.5 Å². The lowest BCUT2D eigenvalue weighted by atomic mass is 9.64. The molecule has 3 aliphatic rings. The van der Waals surface area contributed by atoms with Crippen LogP contribution in [-0.2, 0) is 4.79 Å². The molecule has 0 saturated heterocycles. The van der Waals surface area contributed by atoms with E-state index < -0.39 is 0 Å². The highest BCUT2D eigenvalue weighted by molar-refractivity contribution is 5.79. The van der Waals surface area contributed by atoms with Gasteiger partial charge in [-0.1, -0.05) is 33.1 Å². The molecule has 3 nitrogen and oxygen atoms in total. The second kappa shape index (κ2) is 6.14. The third-order valence-corrected chi connectivity index (χ3v) is 7.45. The van der Waals surface area contributed by atoms with Gasteiger partial charge in [-0.05, 0) is 68.7 Å². The summed E-state index contributed by atoms with van der Waals surface area (Å²) in [6, 6.07) is 0. The van der Waals surface area contributed by atoms with E-state index >= 15 is 0 Å². The van der Waals surface area contributed by atoms with Crippen LogP contribution in [0.5, 0.6) is 0 Å². The van der Waals surface area contributed by atoms with Crippen molar-refractivity contribution in [2.75, 3.05) is 13.1 Å². The Bertz CT molecular complexity index is 414. The van der Waals surface area contributed by atoms with Gasteiger partial charge in [0.2, 0.25) is 5.91 Å². The first kappa shape index (κ1) is 16.3. The van der Waals surface area contributed by atoms with Crippen molar-refractivity contribution in [3.63, 3.8) is 0 Å². The Labute approximate surface area is 136 Å². The Balaban J connectivity index is 1.47. The zero-order chi connectivity index (χ0) is 15.8. The SMILES string of the molecule is CC1(C)[C@@H]2CC[C@@H](C2)[C@@]1(C)NC(=O)CNCC1CCCCC1. The predicted molar refractivity (Wildman–Crippen MR) is 90.6 cm³/mol. The number of amides is 1. The van der Waals surface area contributed by atoms with Gasteiger partial charge in [0.05, 0.1) is 6.54 Å². The third kappa shape index (κ3) is 2.81. The van der Waals surface area contributed by atoms with Crippen LogP contribution in [0.3, 0.4) is 0 Å². The molecule has 3 atom stereocenters. The normalized spacial score (nSPS) is 37.4. The maximum absolute atomic E-state index is 12.4. The van der Waals surface area contributed by atoms with Crippen LogP contribution in [-0.4, -0.2) is 24.5 Å². The molecule has 0 aromatic heterocycles. The van der Waals surface area contributed by atoms with Gasteiger partial charge in [-0.15, -0.1) is 0 Å². The summed E-state index contributed by atoms with van der Waals surface area (Å²) in [4.78, 5) is 12.4. The highest BCUT2D eigenvalue weighted by atomic mass is 16.2. The number of carbonyl (C=O) groups excluding carboxylic acids is 1. The Morgan fingerprint density at radius 2 is 1.68 bits per heavy atom. The maximum Gasteiger partial charge on any atom is 0.234 e. The largest absolute Gasteiger partial charge is 0.349 e. The van der Waals surface area contributed by atoms with Gasteiger partial charge in [-0.25, -0.2) is 0 Å². The van der Waals surface area contributed by atoms with Gasteiger partial charge in [-0.3, -0.25) is 4.79 Å². The smallest absolute Gasteiger partial charge is 0.234 e. The van der Waals surface area contributed by atoms with Crippen LogP contribution >= 0.6 is 0 Å². The first-order valence-electron chi connectivity index (χ1n) is 9.45. The average Bonchev–Trinajstić information content (AvgIpc) is 3.03. The molecule has 2 bridgehead atoms. The zero-order valence-electron chi connectivity index (χ0n) is 14.7. The molecule has 0 unspecified atom stereocenters. The first-order chi connectivity index (χ1) is 10.4. The summed E-state index contributed by atoms with van der Waals surface area (Å²) in [6.07, 6.45) is 10.8. The molecule has 1 amide bonds. The molecule has 0 aliphatic heterocycles. The van der Waals surface area contributed by atoms with Crippen molar-refractivity contribution in [1.82, 2.24) is 10.6 Å². The van der Waals surface area contributed by atoms with Crippen molar-refractivity contribution in [2.24, 2.45) is 23.2 Å². The van der Waals surface area contributed by atoms with Crippen molar-refractivity contribution in [3.8, 4) is 0 Å². The van der Waals surface area contributed by atoms with E-state index in [4.69, 9.17) is 0 Å². The van der Waals surface area contributed by atoms with Gasteiger partial charge < -0.3 is 10.6 Å². The van der Waals surface area contributed by atoms with E-state index in [2.05, 4.69) is 31.4 Å². The summed E-state index contributed by atoms with van der Waals surface area (Å²) < 4.78 is 0. The second-order valence-electron chi connectivity index (χ2n) is 8.81. The number of hydrogen-bond donors (Lipinski definition) is 2. The summed E-state index contributed by atoms with van der Waals surface area (Å²) >= 11 is 0. The Kier molecular flexibility index (Phi) is 4.55. The molecule has 3 heteroatoms. The number of fused-ring (bicyclic) bond motifs is 2. The van der Waals surface area contributed by atoms with Gasteiger partial charge in [0, 0.05) is 5.54 Å². The number of nitrogens with one attached hydrogen (secondary N) is 2. The van der Waals surface area contributed by atoms with Crippen molar-refractivity contribution in [1.29, 1.82) is 0 Å². The molecule has 0 aromatic rings. The van der Waals surface area contributed by atoms with Gasteiger partial charge in [0.15, 0.2) is 0 Å². The van der Waals surface area contributed by atoms with E-state index in [-0.39, 0.29) is 16.9 Å². The molecule has 22 heavy (non-hydrogen) atoms. The zero-order valence-corrected chi connectivity index (χ0v) is 14.7. The minimum Gasteiger partial charge on any atom is -0.349 e. The summed E-state index contributed by atoms with van der Waals surface area (Å²) in [6.45, 7) is 8.49. The van der Waals surface area contributed by atoms with Crippen molar-refractivity contribution in [3.05, 3.63) is 0 Å². The Hall–Kier alpha value is -0.570. The van der Waals surface area contributed by atoms with Crippen LogP contribution in [0, 0.1) is 23.2 Å². The highest BCUT2D eigenvalue weighted by Crippen LogP contribution is 2.61. The summed E-state index contributed by atoms with van der Waals surface area (Å²) in [5, 5.41) is 6.82. The molecule has 0 heterocycles. The molecule has 0 aromatic carbocycles. The van der Waals surface area contributed by atoms with Crippen molar-refractivity contribution < 1.29 is 4.79 Å². The predicted octanol–water partition coefficient (Wildman–Crippen LogP) is 3.49. The summed E-state index contributed by atoms with van der Waals surface area (Å²) in [7, 11) is 0. The molecule has 3 aliphatic carbocycles. The third-order valence-electron chi connectivity index (χ3n) is 7.45. The van der Waals surface area contributed by atoms with E-state index in [9.17, 15) is 4.79 Å².